The van der Waals surface area contributed by atoms with Crippen molar-refractivity contribution in [3.8, 4) is 11.1 Å². The summed E-state index contributed by atoms with van der Waals surface area (Å²) in [5.41, 5.74) is 2.72. The average molecular weight is 311 g/mol. The van der Waals surface area contributed by atoms with Crippen LogP contribution >= 0.6 is 11.6 Å². The van der Waals surface area contributed by atoms with Gasteiger partial charge in [-0.3, -0.25) is 9.78 Å². The summed E-state index contributed by atoms with van der Waals surface area (Å²) in [7, 11) is 0. The van der Waals surface area contributed by atoms with Crippen molar-refractivity contribution in [1.29, 1.82) is 0 Å². The monoisotopic (exact) mass is 310 g/mol. The van der Waals surface area contributed by atoms with Crippen LogP contribution in [0.2, 0.25) is 5.02 Å². The van der Waals surface area contributed by atoms with E-state index in [1.165, 1.54) is 12.8 Å². The van der Waals surface area contributed by atoms with Crippen molar-refractivity contribution < 1.29 is 0 Å². The molecule has 0 N–H and O–H groups in total. The summed E-state index contributed by atoms with van der Waals surface area (Å²) >= 11 is 6.12. The minimum atomic E-state index is 0.0424. The van der Waals surface area contributed by atoms with Crippen molar-refractivity contribution in [2.24, 2.45) is 5.92 Å². The minimum absolute atomic E-state index is 0.0424. The Hall–Kier alpha value is -2.13. The van der Waals surface area contributed by atoms with Crippen LogP contribution in [-0.2, 0) is 6.54 Å². The SMILES string of the molecule is O=c1c2cccnc2c(-c2cccc(Cl)c2)cn1CC1CC1. The smallest absolute Gasteiger partial charge is 0.260 e. The van der Waals surface area contributed by atoms with Crippen molar-refractivity contribution in [3.63, 3.8) is 0 Å². The number of halogens is 1. The lowest BCUT2D eigenvalue weighted by molar-refractivity contribution is 0.611. The maximum atomic E-state index is 12.6. The first-order chi connectivity index (χ1) is 10.7. The number of nitrogens with zero attached hydrogens (tertiary/aromatic N) is 2. The lowest BCUT2D eigenvalue weighted by atomic mass is 10.0. The Bertz CT molecular complexity index is 912. The van der Waals surface area contributed by atoms with E-state index in [4.69, 9.17) is 11.6 Å². The van der Waals surface area contributed by atoms with Crippen molar-refractivity contribution in [1.82, 2.24) is 9.55 Å². The van der Waals surface area contributed by atoms with E-state index in [0.717, 1.165) is 23.2 Å². The number of hydrogen-bond acceptors (Lipinski definition) is 2. The van der Waals surface area contributed by atoms with Gasteiger partial charge in [0.05, 0.1) is 10.9 Å². The Kier molecular flexibility index (Phi) is 3.23. The molecule has 0 atom stereocenters. The van der Waals surface area contributed by atoms with E-state index in [1.807, 2.05) is 47.2 Å². The Morgan fingerprint density at radius 3 is 2.86 bits per heavy atom. The summed E-state index contributed by atoms with van der Waals surface area (Å²) in [6.07, 6.45) is 6.08. The molecule has 1 aliphatic rings. The molecule has 1 fully saturated rings. The van der Waals surface area contributed by atoms with Gasteiger partial charge in [-0.05, 0) is 48.6 Å². The van der Waals surface area contributed by atoms with Crippen molar-refractivity contribution in [3.05, 3.63) is 64.2 Å². The molecule has 1 aliphatic carbocycles. The standard InChI is InChI=1S/C18H15ClN2O/c19-14-4-1-3-13(9-14)16-11-21(10-12-6-7-12)18(22)15-5-2-8-20-17(15)16/h1-5,8-9,11-12H,6-7,10H2. The molecule has 3 nitrogen and oxygen atoms in total. The number of fused-ring (bicyclic) bond motifs is 1. The Balaban J connectivity index is 1.99. The van der Waals surface area contributed by atoms with Gasteiger partial charge in [0.15, 0.2) is 0 Å². The summed E-state index contributed by atoms with van der Waals surface area (Å²) in [6.45, 7) is 0.789. The van der Waals surface area contributed by atoms with Gasteiger partial charge in [0.2, 0.25) is 0 Å². The number of hydrogen-bond donors (Lipinski definition) is 0. The second kappa shape index (κ2) is 5.25. The third-order valence-electron chi connectivity index (χ3n) is 4.13. The van der Waals surface area contributed by atoms with E-state index in [-0.39, 0.29) is 5.56 Å². The first kappa shape index (κ1) is 13.5. The predicted octanol–water partition coefficient (Wildman–Crippen LogP) is 4.13. The van der Waals surface area contributed by atoms with Crippen molar-refractivity contribution >= 4 is 22.5 Å². The van der Waals surface area contributed by atoms with E-state index in [2.05, 4.69) is 4.98 Å². The number of benzene rings is 1. The molecule has 4 rings (SSSR count). The van der Waals surface area contributed by atoms with Gasteiger partial charge in [0.1, 0.15) is 0 Å². The van der Waals surface area contributed by atoms with Crippen LogP contribution in [0, 0.1) is 5.92 Å². The van der Waals surface area contributed by atoms with E-state index in [0.29, 0.717) is 16.3 Å². The molecule has 1 aromatic carbocycles. The van der Waals surface area contributed by atoms with Crippen molar-refractivity contribution in [2.75, 3.05) is 0 Å². The van der Waals surface area contributed by atoms with Crippen LogP contribution in [0.3, 0.4) is 0 Å². The van der Waals surface area contributed by atoms with Crippen LogP contribution in [0.15, 0.2) is 53.6 Å². The Morgan fingerprint density at radius 2 is 2.09 bits per heavy atom. The summed E-state index contributed by atoms with van der Waals surface area (Å²) < 4.78 is 1.83. The highest BCUT2D eigenvalue weighted by Crippen LogP contribution is 2.32. The molecule has 0 spiro atoms. The number of aromatic nitrogens is 2. The van der Waals surface area contributed by atoms with Gasteiger partial charge in [-0.25, -0.2) is 0 Å². The summed E-state index contributed by atoms with van der Waals surface area (Å²) in [5, 5.41) is 1.35. The van der Waals surface area contributed by atoms with Gasteiger partial charge in [0, 0.05) is 29.5 Å². The number of pyridine rings is 2. The Labute approximate surface area is 133 Å². The zero-order valence-corrected chi connectivity index (χ0v) is 12.8. The molecule has 0 bridgehead atoms. The molecule has 110 valence electrons. The maximum Gasteiger partial charge on any atom is 0.260 e. The molecule has 0 aliphatic heterocycles. The zero-order chi connectivity index (χ0) is 15.1. The van der Waals surface area contributed by atoms with Gasteiger partial charge in [-0.2, -0.15) is 0 Å². The topological polar surface area (TPSA) is 34.9 Å². The average Bonchev–Trinajstić information content (AvgIpc) is 3.34. The normalized spacial score (nSPS) is 14.4. The minimum Gasteiger partial charge on any atom is -0.314 e. The van der Waals surface area contributed by atoms with Crippen molar-refractivity contribution in [2.45, 2.75) is 19.4 Å². The quantitative estimate of drug-likeness (QED) is 0.729. The van der Waals surface area contributed by atoms with Crippen LogP contribution in [0.1, 0.15) is 12.8 Å². The molecule has 2 aromatic heterocycles. The van der Waals surface area contributed by atoms with Crippen LogP contribution in [0.4, 0.5) is 0 Å². The summed E-state index contributed by atoms with van der Waals surface area (Å²) in [5.74, 6) is 0.638. The third-order valence-corrected chi connectivity index (χ3v) is 4.36. The molecule has 0 unspecified atom stereocenters. The van der Waals surface area contributed by atoms with Crippen LogP contribution in [0.25, 0.3) is 22.0 Å². The fraction of sp³-hybridized carbons (Fsp3) is 0.222. The second-order valence-electron chi connectivity index (χ2n) is 5.85. The van der Waals surface area contributed by atoms with Gasteiger partial charge < -0.3 is 4.57 Å². The molecular formula is C18H15ClN2O. The van der Waals surface area contributed by atoms with E-state index in [9.17, 15) is 4.79 Å². The van der Waals surface area contributed by atoms with Gasteiger partial charge >= 0.3 is 0 Å². The van der Waals surface area contributed by atoms with Crippen LogP contribution in [-0.4, -0.2) is 9.55 Å². The fourth-order valence-electron chi connectivity index (χ4n) is 2.80. The first-order valence-electron chi connectivity index (χ1n) is 7.46. The molecule has 4 heteroatoms. The van der Waals surface area contributed by atoms with Gasteiger partial charge in [-0.15, -0.1) is 0 Å². The number of rotatable bonds is 3. The highest BCUT2D eigenvalue weighted by atomic mass is 35.5. The predicted molar refractivity (Wildman–Crippen MR) is 89.2 cm³/mol. The van der Waals surface area contributed by atoms with E-state index >= 15 is 0 Å². The Morgan fingerprint density at radius 1 is 1.23 bits per heavy atom. The molecule has 0 radical (unpaired) electrons. The summed E-state index contributed by atoms with van der Waals surface area (Å²) in [6, 6.07) is 11.3. The summed E-state index contributed by atoms with van der Waals surface area (Å²) in [4.78, 5) is 17.1. The molecule has 3 aromatic rings. The van der Waals surface area contributed by atoms with E-state index in [1.54, 1.807) is 6.20 Å². The molecular weight excluding hydrogens is 296 g/mol. The molecule has 0 amide bonds. The van der Waals surface area contributed by atoms with Gasteiger partial charge in [-0.1, -0.05) is 23.7 Å². The second-order valence-corrected chi connectivity index (χ2v) is 6.29. The molecule has 2 heterocycles. The molecule has 22 heavy (non-hydrogen) atoms. The highest BCUT2D eigenvalue weighted by molar-refractivity contribution is 6.30. The van der Waals surface area contributed by atoms with Gasteiger partial charge in [0.25, 0.3) is 5.56 Å². The third kappa shape index (κ3) is 2.42. The molecule has 0 saturated heterocycles. The zero-order valence-electron chi connectivity index (χ0n) is 12.0. The van der Waals surface area contributed by atoms with Crippen LogP contribution < -0.4 is 5.56 Å². The highest BCUT2D eigenvalue weighted by Gasteiger charge is 2.23. The largest absolute Gasteiger partial charge is 0.314 e. The molecule has 1 saturated carbocycles. The first-order valence-corrected chi connectivity index (χ1v) is 7.84. The fourth-order valence-corrected chi connectivity index (χ4v) is 2.99. The lowest BCUT2D eigenvalue weighted by Crippen LogP contribution is -2.21. The van der Waals surface area contributed by atoms with E-state index < -0.39 is 0 Å². The maximum absolute atomic E-state index is 12.6. The lowest BCUT2D eigenvalue weighted by Gasteiger charge is -2.12. The van der Waals surface area contributed by atoms with Crippen LogP contribution in [0.5, 0.6) is 0 Å².